The molecule has 1 aliphatic rings. The Hall–Kier alpha value is -0.560. The van der Waals surface area contributed by atoms with Crippen LogP contribution in [-0.2, 0) is 0 Å². The van der Waals surface area contributed by atoms with Crippen LogP contribution in [0.25, 0.3) is 0 Å². The van der Waals surface area contributed by atoms with Crippen LogP contribution in [0.2, 0.25) is 0 Å². The van der Waals surface area contributed by atoms with E-state index in [9.17, 15) is 0 Å². The standard InChI is InChI=1S/C12H21N/c1-3-10-13(11-4-2)12-8-6-5-7-9-12/h3-4,12H,1-2,5-11H2/p+1. The van der Waals surface area contributed by atoms with Crippen molar-refractivity contribution in [2.75, 3.05) is 13.1 Å². The summed E-state index contributed by atoms with van der Waals surface area (Å²) in [5.74, 6) is 0. The zero-order valence-electron chi connectivity index (χ0n) is 8.60. The van der Waals surface area contributed by atoms with Crippen molar-refractivity contribution in [3.05, 3.63) is 25.3 Å². The largest absolute Gasteiger partial charge is 0.326 e. The van der Waals surface area contributed by atoms with Gasteiger partial charge in [0.05, 0.1) is 19.1 Å². The highest BCUT2D eigenvalue weighted by Crippen LogP contribution is 2.15. The molecule has 1 nitrogen and oxygen atoms in total. The summed E-state index contributed by atoms with van der Waals surface area (Å²) in [4.78, 5) is 1.66. The monoisotopic (exact) mass is 180 g/mol. The smallest absolute Gasteiger partial charge is 0.0959 e. The number of hydrogen-bond acceptors (Lipinski definition) is 0. The summed E-state index contributed by atoms with van der Waals surface area (Å²) in [5, 5.41) is 0. The highest BCUT2D eigenvalue weighted by Gasteiger charge is 2.22. The molecule has 0 saturated heterocycles. The highest BCUT2D eigenvalue weighted by molar-refractivity contribution is 4.72. The second-order valence-corrected chi connectivity index (χ2v) is 3.98. The van der Waals surface area contributed by atoms with Gasteiger partial charge >= 0.3 is 0 Å². The van der Waals surface area contributed by atoms with Gasteiger partial charge in [0.1, 0.15) is 0 Å². The molecule has 0 bridgehead atoms. The first-order valence-corrected chi connectivity index (χ1v) is 5.45. The van der Waals surface area contributed by atoms with Gasteiger partial charge in [-0.15, -0.1) is 0 Å². The first-order chi connectivity index (χ1) is 6.38. The summed E-state index contributed by atoms with van der Waals surface area (Å²) in [6.45, 7) is 9.83. The minimum Gasteiger partial charge on any atom is -0.326 e. The van der Waals surface area contributed by atoms with E-state index in [1.54, 1.807) is 4.90 Å². The maximum atomic E-state index is 3.82. The summed E-state index contributed by atoms with van der Waals surface area (Å²) < 4.78 is 0. The summed E-state index contributed by atoms with van der Waals surface area (Å²) in [7, 11) is 0. The van der Waals surface area contributed by atoms with Crippen molar-refractivity contribution in [3.8, 4) is 0 Å². The molecule has 13 heavy (non-hydrogen) atoms. The van der Waals surface area contributed by atoms with E-state index < -0.39 is 0 Å². The molecule has 0 aromatic rings. The van der Waals surface area contributed by atoms with Crippen molar-refractivity contribution in [1.82, 2.24) is 0 Å². The average molecular weight is 180 g/mol. The highest BCUT2D eigenvalue weighted by atomic mass is 15.1. The third kappa shape index (κ3) is 3.35. The van der Waals surface area contributed by atoms with E-state index >= 15 is 0 Å². The fourth-order valence-corrected chi connectivity index (χ4v) is 2.30. The van der Waals surface area contributed by atoms with Crippen molar-refractivity contribution in [2.24, 2.45) is 0 Å². The minimum absolute atomic E-state index is 0.866. The van der Waals surface area contributed by atoms with E-state index in [1.165, 1.54) is 32.1 Å². The van der Waals surface area contributed by atoms with Gasteiger partial charge < -0.3 is 4.90 Å². The maximum absolute atomic E-state index is 3.82. The van der Waals surface area contributed by atoms with E-state index in [0.717, 1.165) is 19.1 Å². The molecule has 1 rings (SSSR count). The lowest BCUT2D eigenvalue weighted by molar-refractivity contribution is -0.915. The molecular weight excluding hydrogens is 158 g/mol. The van der Waals surface area contributed by atoms with Gasteiger partial charge in [-0.3, -0.25) is 0 Å². The van der Waals surface area contributed by atoms with Crippen molar-refractivity contribution in [3.63, 3.8) is 0 Å². The SMILES string of the molecule is C=CC[NH+](CC=C)C1CCCCC1. The zero-order chi connectivity index (χ0) is 9.52. The molecule has 1 N–H and O–H groups in total. The number of quaternary nitrogens is 1. The first-order valence-electron chi connectivity index (χ1n) is 5.45. The molecule has 0 atom stereocenters. The van der Waals surface area contributed by atoms with Gasteiger partial charge in [0.2, 0.25) is 0 Å². The van der Waals surface area contributed by atoms with Crippen molar-refractivity contribution >= 4 is 0 Å². The first kappa shape index (κ1) is 10.5. The molecule has 1 aliphatic carbocycles. The van der Waals surface area contributed by atoms with Crippen molar-refractivity contribution in [2.45, 2.75) is 38.1 Å². The molecule has 1 saturated carbocycles. The maximum Gasteiger partial charge on any atom is 0.0959 e. The Kier molecular flexibility index (Phi) is 4.84. The van der Waals surface area contributed by atoms with Crippen LogP contribution in [-0.4, -0.2) is 19.1 Å². The molecule has 1 heteroatoms. The third-order valence-electron chi connectivity index (χ3n) is 3.00. The van der Waals surface area contributed by atoms with Crippen molar-refractivity contribution < 1.29 is 4.90 Å². The van der Waals surface area contributed by atoms with Gasteiger partial charge in [0.15, 0.2) is 0 Å². The quantitative estimate of drug-likeness (QED) is 0.613. The molecule has 0 amide bonds. The molecular formula is C12H22N+. The molecule has 0 aromatic carbocycles. The van der Waals surface area contributed by atoms with E-state index in [-0.39, 0.29) is 0 Å². The summed E-state index contributed by atoms with van der Waals surface area (Å²) in [6.07, 6.45) is 11.1. The number of hydrogen-bond donors (Lipinski definition) is 1. The van der Waals surface area contributed by atoms with Gasteiger partial charge in [0.25, 0.3) is 0 Å². The lowest BCUT2D eigenvalue weighted by atomic mass is 9.94. The van der Waals surface area contributed by atoms with Gasteiger partial charge in [-0.25, -0.2) is 0 Å². The predicted molar refractivity (Wildman–Crippen MR) is 58.0 cm³/mol. The molecule has 0 radical (unpaired) electrons. The van der Waals surface area contributed by atoms with Crippen LogP contribution < -0.4 is 4.90 Å². The summed E-state index contributed by atoms with van der Waals surface area (Å²) in [6, 6.07) is 0.866. The van der Waals surface area contributed by atoms with Gasteiger partial charge in [-0.2, -0.15) is 0 Å². The van der Waals surface area contributed by atoms with Gasteiger partial charge in [-0.05, 0) is 37.8 Å². The lowest BCUT2D eigenvalue weighted by Crippen LogP contribution is -3.15. The predicted octanol–water partition coefficient (Wildman–Crippen LogP) is 1.58. The molecule has 0 heterocycles. The zero-order valence-corrected chi connectivity index (χ0v) is 8.60. The van der Waals surface area contributed by atoms with Crippen LogP contribution in [0.3, 0.4) is 0 Å². The van der Waals surface area contributed by atoms with Crippen LogP contribution in [0.1, 0.15) is 32.1 Å². The van der Waals surface area contributed by atoms with E-state index in [2.05, 4.69) is 13.2 Å². The third-order valence-corrected chi connectivity index (χ3v) is 3.00. The Morgan fingerprint density at radius 3 is 2.00 bits per heavy atom. The molecule has 0 spiro atoms. The number of rotatable bonds is 5. The van der Waals surface area contributed by atoms with E-state index in [4.69, 9.17) is 0 Å². The molecule has 0 aromatic heterocycles. The second kappa shape index (κ2) is 5.98. The average Bonchev–Trinajstić information content (AvgIpc) is 2.19. The fraction of sp³-hybridized carbons (Fsp3) is 0.667. The Balaban J connectivity index is 2.40. The number of nitrogens with one attached hydrogen (secondary N) is 1. The molecule has 74 valence electrons. The lowest BCUT2D eigenvalue weighted by Gasteiger charge is -2.29. The van der Waals surface area contributed by atoms with Crippen LogP contribution in [0.5, 0.6) is 0 Å². The Bertz CT molecular complexity index is 147. The van der Waals surface area contributed by atoms with Crippen LogP contribution in [0, 0.1) is 0 Å². The Morgan fingerprint density at radius 2 is 1.54 bits per heavy atom. The topological polar surface area (TPSA) is 4.44 Å². The molecule has 1 fully saturated rings. The molecule has 0 aliphatic heterocycles. The minimum atomic E-state index is 0.866. The Labute approximate surface area is 82.1 Å². The van der Waals surface area contributed by atoms with Crippen molar-refractivity contribution in [1.29, 1.82) is 0 Å². The van der Waals surface area contributed by atoms with Crippen LogP contribution in [0.4, 0.5) is 0 Å². The van der Waals surface area contributed by atoms with Gasteiger partial charge in [0, 0.05) is 0 Å². The molecule has 0 unspecified atom stereocenters. The van der Waals surface area contributed by atoms with E-state index in [0.29, 0.717) is 0 Å². The summed E-state index contributed by atoms with van der Waals surface area (Å²) in [5.41, 5.74) is 0. The van der Waals surface area contributed by atoms with Crippen LogP contribution in [0.15, 0.2) is 25.3 Å². The Morgan fingerprint density at radius 1 is 1.00 bits per heavy atom. The van der Waals surface area contributed by atoms with E-state index in [1.807, 2.05) is 12.2 Å². The van der Waals surface area contributed by atoms with Gasteiger partial charge in [-0.1, -0.05) is 19.6 Å². The summed E-state index contributed by atoms with van der Waals surface area (Å²) >= 11 is 0. The normalized spacial score (nSPS) is 18.8. The second-order valence-electron chi connectivity index (χ2n) is 3.98. The van der Waals surface area contributed by atoms with Crippen LogP contribution >= 0.6 is 0 Å². The fourth-order valence-electron chi connectivity index (χ4n) is 2.30.